The van der Waals surface area contributed by atoms with Crippen LogP contribution in [0.2, 0.25) is 0 Å². The molecule has 1 saturated heterocycles. The predicted octanol–water partition coefficient (Wildman–Crippen LogP) is 0.920. The minimum atomic E-state index is -0.266. The highest BCUT2D eigenvalue weighted by molar-refractivity contribution is 5.95. The zero-order chi connectivity index (χ0) is 15.4. The van der Waals surface area contributed by atoms with Crippen LogP contribution in [-0.2, 0) is 14.4 Å². The van der Waals surface area contributed by atoms with Crippen LogP contribution >= 0.6 is 0 Å². The van der Waals surface area contributed by atoms with Crippen LogP contribution in [0.1, 0.15) is 27.2 Å². The fourth-order valence-electron chi connectivity index (χ4n) is 1.93. The Morgan fingerprint density at radius 2 is 1.20 bits per heavy atom. The van der Waals surface area contributed by atoms with Gasteiger partial charge in [-0.25, -0.2) is 0 Å². The van der Waals surface area contributed by atoms with Crippen molar-refractivity contribution in [3.05, 3.63) is 24.3 Å². The number of amides is 3. The molecule has 0 N–H and O–H groups in total. The van der Waals surface area contributed by atoms with Crippen LogP contribution in [0.25, 0.3) is 0 Å². The maximum Gasteiger partial charge on any atom is 0.251 e. The first-order chi connectivity index (χ1) is 9.27. The molecule has 110 valence electrons. The third kappa shape index (κ3) is 3.46. The second kappa shape index (κ2) is 6.36. The fraction of sp³-hybridized carbons (Fsp3) is 0.500. The minimum Gasteiger partial charge on any atom is -0.307 e. The van der Waals surface area contributed by atoms with Gasteiger partial charge in [-0.3, -0.25) is 14.4 Å². The van der Waals surface area contributed by atoms with Crippen LogP contribution in [-0.4, -0.2) is 52.4 Å². The Morgan fingerprint density at radius 3 is 1.50 bits per heavy atom. The second-order valence-electron chi connectivity index (χ2n) is 4.96. The average molecular weight is 279 g/mol. The van der Waals surface area contributed by atoms with Gasteiger partial charge in [-0.15, -0.1) is 0 Å². The smallest absolute Gasteiger partial charge is 0.251 e. The summed E-state index contributed by atoms with van der Waals surface area (Å²) in [5, 5.41) is 0. The molecule has 0 spiro atoms. The lowest BCUT2D eigenvalue weighted by molar-refractivity contribution is -0.155. The Hall–Kier alpha value is -2.11. The molecule has 0 unspecified atom stereocenters. The highest BCUT2D eigenvalue weighted by Gasteiger charge is 2.31. The maximum absolute atomic E-state index is 12.0. The van der Waals surface area contributed by atoms with E-state index in [1.165, 1.54) is 14.7 Å². The van der Waals surface area contributed by atoms with E-state index < -0.39 is 0 Å². The Labute approximate surface area is 119 Å². The molecule has 20 heavy (non-hydrogen) atoms. The number of carbonyl (C=O) groups excluding carboxylic acids is 3. The Morgan fingerprint density at radius 1 is 0.850 bits per heavy atom. The molecule has 0 aliphatic carbocycles. The van der Waals surface area contributed by atoms with Crippen molar-refractivity contribution in [3.63, 3.8) is 0 Å². The van der Waals surface area contributed by atoms with Crippen molar-refractivity contribution in [3.8, 4) is 0 Å². The standard InChI is InChI=1S/C14H21N3O3/c1-6-12(18)15-7-16(13(19)10(2)3)9-17(8-15)14(20)11(4)5/h2,4,6-9H2,1,3,5H3. The molecule has 1 rings (SSSR count). The van der Waals surface area contributed by atoms with E-state index in [9.17, 15) is 14.4 Å². The zero-order valence-corrected chi connectivity index (χ0v) is 12.3. The molecule has 6 heteroatoms. The summed E-state index contributed by atoms with van der Waals surface area (Å²) in [5.41, 5.74) is 0.747. The molecule has 0 aromatic carbocycles. The molecule has 0 atom stereocenters. The Kier molecular flexibility index (Phi) is 5.07. The molecular formula is C14H21N3O3. The van der Waals surface area contributed by atoms with Crippen LogP contribution in [0.15, 0.2) is 24.3 Å². The summed E-state index contributed by atoms with van der Waals surface area (Å²) in [6.45, 7) is 12.7. The second-order valence-corrected chi connectivity index (χ2v) is 4.96. The van der Waals surface area contributed by atoms with Crippen molar-refractivity contribution in [1.29, 1.82) is 0 Å². The molecule has 1 aliphatic rings. The molecule has 0 bridgehead atoms. The van der Waals surface area contributed by atoms with Crippen LogP contribution in [0.4, 0.5) is 0 Å². The van der Waals surface area contributed by atoms with E-state index in [0.717, 1.165) is 0 Å². The summed E-state index contributed by atoms with van der Waals surface area (Å²) in [6, 6.07) is 0. The predicted molar refractivity (Wildman–Crippen MR) is 75.1 cm³/mol. The van der Waals surface area contributed by atoms with Gasteiger partial charge in [0.15, 0.2) is 0 Å². The molecule has 1 aliphatic heterocycles. The molecule has 0 aromatic rings. The van der Waals surface area contributed by atoms with Gasteiger partial charge < -0.3 is 14.7 Å². The first kappa shape index (κ1) is 15.9. The van der Waals surface area contributed by atoms with E-state index in [4.69, 9.17) is 0 Å². The van der Waals surface area contributed by atoms with Crippen molar-refractivity contribution < 1.29 is 14.4 Å². The Balaban J connectivity index is 2.96. The monoisotopic (exact) mass is 279 g/mol. The SMILES string of the molecule is C=C(C)C(=O)N1CN(C(=O)CC)CN(C(=O)C(=C)C)C1. The first-order valence-electron chi connectivity index (χ1n) is 6.45. The highest BCUT2D eigenvalue weighted by Crippen LogP contribution is 2.13. The number of nitrogens with zero attached hydrogens (tertiary/aromatic N) is 3. The lowest BCUT2D eigenvalue weighted by Crippen LogP contribution is -2.59. The minimum absolute atomic E-state index is 0.108. The van der Waals surface area contributed by atoms with E-state index in [-0.39, 0.29) is 37.7 Å². The van der Waals surface area contributed by atoms with Crippen LogP contribution in [0, 0.1) is 0 Å². The summed E-state index contributed by atoms with van der Waals surface area (Å²) < 4.78 is 0. The van der Waals surface area contributed by atoms with Gasteiger partial charge in [-0.05, 0) is 13.8 Å². The number of carbonyl (C=O) groups is 3. The third-order valence-electron chi connectivity index (χ3n) is 2.98. The topological polar surface area (TPSA) is 60.9 Å². The van der Waals surface area contributed by atoms with Crippen molar-refractivity contribution >= 4 is 17.7 Å². The average Bonchev–Trinajstić information content (AvgIpc) is 2.43. The molecule has 0 aromatic heterocycles. The number of hydrogen-bond donors (Lipinski definition) is 0. The fourth-order valence-corrected chi connectivity index (χ4v) is 1.93. The van der Waals surface area contributed by atoms with Crippen molar-refractivity contribution in [1.82, 2.24) is 14.7 Å². The maximum atomic E-state index is 12.0. The van der Waals surface area contributed by atoms with Gasteiger partial charge in [0.05, 0.1) is 20.0 Å². The van der Waals surface area contributed by atoms with Crippen LogP contribution < -0.4 is 0 Å². The first-order valence-corrected chi connectivity index (χ1v) is 6.45. The van der Waals surface area contributed by atoms with Gasteiger partial charge in [0.2, 0.25) is 5.91 Å². The molecule has 0 saturated carbocycles. The molecule has 0 radical (unpaired) electrons. The lowest BCUT2D eigenvalue weighted by Gasteiger charge is -2.42. The molecule has 1 fully saturated rings. The van der Waals surface area contributed by atoms with Gasteiger partial charge >= 0.3 is 0 Å². The van der Waals surface area contributed by atoms with Crippen LogP contribution in [0.5, 0.6) is 0 Å². The van der Waals surface area contributed by atoms with Gasteiger partial charge in [-0.1, -0.05) is 20.1 Å². The van der Waals surface area contributed by atoms with Crippen LogP contribution in [0.3, 0.4) is 0 Å². The summed E-state index contributed by atoms with van der Waals surface area (Å²) in [4.78, 5) is 40.2. The summed E-state index contributed by atoms with van der Waals surface area (Å²) in [7, 11) is 0. The zero-order valence-electron chi connectivity index (χ0n) is 12.3. The third-order valence-corrected chi connectivity index (χ3v) is 2.98. The summed E-state index contributed by atoms with van der Waals surface area (Å²) in [5.74, 6) is -0.639. The summed E-state index contributed by atoms with van der Waals surface area (Å²) >= 11 is 0. The quantitative estimate of drug-likeness (QED) is 0.722. The van der Waals surface area contributed by atoms with Crippen molar-refractivity contribution in [2.75, 3.05) is 20.0 Å². The van der Waals surface area contributed by atoms with Gasteiger partial charge in [0.25, 0.3) is 11.8 Å². The lowest BCUT2D eigenvalue weighted by atomic mass is 10.2. The van der Waals surface area contributed by atoms with E-state index in [2.05, 4.69) is 13.2 Å². The summed E-state index contributed by atoms with van der Waals surface area (Å²) in [6.07, 6.45) is 0.324. The van der Waals surface area contributed by atoms with Gasteiger partial charge in [-0.2, -0.15) is 0 Å². The molecule has 6 nitrogen and oxygen atoms in total. The van der Waals surface area contributed by atoms with E-state index in [1.807, 2.05) is 0 Å². The highest BCUT2D eigenvalue weighted by atomic mass is 16.2. The molecular weight excluding hydrogens is 258 g/mol. The largest absolute Gasteiger partial charge is 0.307 e. The number of hydrogen-bond acceptors (Lipinski definition) is 3. The van der Waals surface area contributed by atoms with Gasteiger partial charge in [0, 0.05) is 17.6 Å². The van der Waals surface area contributed by atoms with Crippen molar-refractivity contribution in [2.45, 2.75) is 27.2 Å². The Bertz CT molecular complexity index is 436. The normalized spacial score (nSPS) is 15.1. The number of rotatable bonds is 3. The molecule has 3 amide bonds. The molecule has 1 heterocycles. The van der Waals surface area contributed by atoms with E-state index in [0.29, 0.717) is 17.6 Å². The van der Waals surface area contributed by atoms with E-state index >= 15 is 0 Å². The van der Waals surface area contributed by atoms with Gasteiger partial charge in [0.1, 0.15) is 0 Å². The van der Waals surface area contributed by atoms with E-state index in [1.54, 1.807) is 20.8 Å². The van der Waals surface area contributed by atoms with Crippen molar-refractivity contribution in [2.24, 2.45) is 0 Å².